The van der Waals surface area contributed by atoms with Crippen molar-refractivity contribution in [3.05, 3.63) is 286 Å². The predicted octanol–water partition coefficient (Wildman–Crippen LogP) is 15.7. The Labute approximate surface area is 526 Å². The number of carboxylic acids is 5. The van der Waals surface area contributed by atoms with Gasteiger partial charge in [-0.15, -0.1) is 0 Å². The third-order valence-electron chi connectivity index (χ3n) is 14.2. The highest BCUT2D eigenvalue weighted by atomic mass is 16.4. The Balaban J connectivity index is 1.03. The molecule has 0 aliphatic rings. The van der Waals surface area contributed by atoms with E-state index < -0.39 is 57.8 Å². The van der Waals surface area contributed by atoms with Crippen molar-refractivity contribution in [2.24, 2.45) is 0 Å². The van der Waals surface area contributed by atoms with E-state index in [9.17, 15) is 70.6 Å². The zero-order chi connectivity index (χ0) is 65.4. The molecule has 0 unspecified atom stereocenters. The van der Waals surface area contributed by atoms with Crippen molar-refractivity contribution in [1.29, 1.82) is 21.0 Å². The third kappa shape index (κ3) is 14.7. The van der Waals surface area contributed by atoms with Crippen molar-refractivity contribution in [1.82, 2.24) is 0 Å². The minimum absolute atomic E-state index is 0.424. The number of carboxylic acid groups (broad SMARTS) is 5. The van der Waals surface area contributed by atoms with Crippen LogP contribution in [0.2, 0.25) is 0 Å². The maximum absolute atomic E-state index is 11.7. The fourth-order valence-corrected chi connectivity index (χ4v) is 9.69. The Bertz CT molecular complexity index is 4280. The molecule has 0 aliphatic carbocycles. The molecule has 0 radical (unpaired) electrons. The molecule has 0 fully saturated rings. The second-order valence-electron chi connectivity index (χ2n) is 20.0. The Morgan fingerprint density at radius 1 is 0.283 bits per heavy atom. The quantitative estimate of drug-likeness (QED) is 0.0254. The van der Waals surface area contributed by atoms with Gasteiger partial charge in [0.25, 0.3) is 5.70 Å². The summed E-state index contributed by atoms with van der Waals surface area (Å²) in [4.78, 5) is 67.0. The molecule has 0 saturated carbocycles. The molecule has 0 atom stereocenters. The van der Waals surface area contributed by atoms with E-state index in [0.29, 0.717) is 56.3 Å². The smallest absolute Gasteiger partial charge is 0.346 e. The summed E-state index contributed by atoms with van der Waals surface area (Å²) < 4.78 is 0. The van der Waals surface area contributed by atoms with Gasteiger partial charge in [0.2, 0.25) is 0 Å². The molecular formula is C74H46N8O10. The molecule has 0 amide bonds. The average molecular weight is 1210 g/mol. The zero-order valence-electron chi connectivity index (χ0n) is 48.0. The summed E-state index contributed by atoms with van der Waals surface area (Å²) in [6, 6.07) is 72.8. The fourth-order valence-electron chi connectivity index (χ4n) is 9.69. The Morgan fingerprint density at radius 2 is 0.446 bits per heavy atom. The van der Waals surface area contributed by atoms with E-state index in [1.54, 1.807) is 133 Å². The van der Waals surface area contributed by atoms with E-state index in [4.69, 9.17) is 6.57 Å². The maximum atomic E-state index is 11.7. The maximum Gasteiger partial charge on any atom is 0.346 e. The standard InChI is InChI=1S/C74H46N8O10/c1-79-69(74(91)92)42-51-10-28-64(29-11-51)81(62-24-6-49(7-25-62)40-58(45-77)72(87)88)66-32-14-53(15-33-66)55-18-36-68(37-19-55)82(63-26-8-50(9-27-63)41-59(46-78)73(89)90)67-34-16-54(17-35-67)52-12-30-65(31-13-52)80(60-20-2-47(3-21-60)38-56(43-75)70(83)84)61-22-4-48(5-23-61)39-57(44-76)71(85)86/h2-42H,(H,83,84)(H,85,86)(H,87,88)(H,89,90)(H,91,92). The lowest BCUT2D eigenvalue weighted by atomic mass is 10.0. The molecule has 0 bridgehead atoms. The van der Waals surface area contributed by atoms with Gasteiger partial charge >= 0.3 is 29.8 Å². The summed E-state index contributed by atoms with van der Waals surface area (Å²) in [6.07, 6.45) is 6.37. The van der Waals surface area contributed by atoms with E-state index in [-0.39, 0.29) is 0 Å². The minimum atomic E-state index is -1.36. The Hall–Kier alpha value is -14.1. The van der Waals surface area contributed by atoms with Crippen LogP contribution in [0.4, 0.5) is 51.2 Å². The monoisotopic (exact) mass is 1210 g/mol. The Kier molecular flexibility index (Phi) is 19.3. The molecule has 0 aromatic heterocycles. The van der Waals surface area contributed by atoms with Crippen molar-refractivity contribution < 1.29 is 49.5 Å². The van der Waals surface area contributed by atoms with Crippen molar-refractivity contribution in [2.45, 2.75) is 0 Å². The zero-order valence-corrected chi connectivity index (χ0v) is 48.0. The van der Waals surface area contributed by atoms with E-state index in [0.717, 1.165) is 45.0 Å². The van der Waals surface area contributed by atoms with E-state index in [1.807, 2.05) is 124 Å². The van der Waals surface area contributed by atoms with E-state index in [2.05, 4.69) is 4.85 Å². The highest BCUT2D eigenvalue weighted by Gasteiger charge is 2.19. The number of anilines is 9. The fraction of sp³-hybridized carbons (Fsp3) is 0. The molecular weight excluding hydrogens is 1160 g/mol. The molecule has 9 aromatic carbocycles. The van der Waals surface area contributed by atoms with Crippen LogP contribution in [-0.4, -0.2) is 55.4 Å². The number of nitrogens with zero attached hydrogens (tertiary/aromatic N) is 8. The molecule has 9 rings (SSSR count). The van der Waals surface area contributed by atoms with Crippen molar-refractivity contribution in [2.75, 3.05) is 14.7 Å². The van der Waals surface area contributed by atoms with Gasteiger partial charge < -0.3 is 40.2 Å². The van der Waals surface area contributed by atoms with Gasteiger partial charge in [-0.3, -0.25) is 4.79 Å². The van der Waals surface area contributed by atoms with Crippen molar-refractivity contribution >= 4 is 111 Å². The van der Waals surface area contributed by atoms with Gasteiger partial charge in [0, 0.05) is 51.2 Å². The lowest BCUT2D eigenvalue weighted by Crippen LogP contribution is -2.10. The normalized spacial score (nSPS) is 11.5. The average Bonchev–Trinajstić information content (AvgIpc) is 0.839. The minimum Gasteiger partial charge on any atom is -0.486 e. The number of nitriles is 4. The first-order valence-electron chi connectivity index (χ1n) is 27.5. The van der Waals surface area contributed by atoms with Gasteiger partial charge in [-0.05, 0) is 190 Å². The number of rotatable bonds is 21. The van der Waals surface area contributed by atoms with Gasteiger partial charge in [0.05, 0.1) is 6.57 Å². The van der Waals surface area contributed by atoms with Crippen LogP contribution in [0.5, 0.6) is 0 Å². The van der Waals surface area contributed by atoms with Gasteiger partial charge in [-0.1, -0.05) is 109 Å². The molecule has 0 saturated heterocycles. The summed E-state index contributed by atoms with van der Waals surface area (Å²) in [5.74, 6) is -6.77. The van der Waals surface area contributed by atoms with Crippen LogP contribution in [0.15, 0.2) is 246 Å². The summed E-state index contributed by atoms with van der Waals surface area (Å²) in [7, 11) is 0. The molecule has 92 heavy (non-hydrogen) atoms. The van der Waals surface area contributed by atoms with E-state index in [1.165, 1.54) is 30.4 Å². The van der Waals surface area contributed by atoms with Crippen LogP contribution in [-0.2, 0) is 24.0 Å². The Morgan fingerprint density at radius 3 is 0.587 bits per heavy atom. The van der Waals surface area contributed by atoms with Gasteiger partial charge in [-0.2, -0.15) is 21.0 Å². The summed E-state index contributed by atoms with van der Waals surface area (Å²) in [5, 5.41) is 84.8. The highest BCUT2D eigenvalue weighted by molar-refractivity contribution is 5.99. The largest absolute Gasteiger partial charge is 0.486 e. The second-order valence-corrected chi connectivity index (χ2v) is 20.0. The van der Waals surface area contributed by atoms with Crippen LogP contribution in [0.3, 0.4) is 0 Å². The van der Waals surface area contributed by atoms with E-state index >= 15 is 0 Å². The summed E-state index contributed by atoms with van der Waals surface area (Å²) in [6.45, 7) is 7.27. The van der Waals surface area contributed by atoms with Crippen LogP contribution in [0.1, 0.15) is 27.8 Å². The van der Waals surface area contributed by atoms with Gasteiger partial charge in [-0.25, -0.2) is 24.0 Å². The first-order chi connectivity index (χ1) is 44.5. The third-order valence-corrected chi connectivity index (χ3v) is 14.2. The van der Waals surface area contributed by atoms with Crippen molar-refractivity contribution in [3.8, 4) is 46.5 Å². The van der Waals surface area contributed by atoms with Crippen LogP contribution in [0, 0.1) is 51.9 Å². The molecule has 18 heteroatoms. The van der Waals surface area contributed by atoms with Crippen LogP contribution < -0.4 is 14.7 Å². The molecule has 0 spiro atoms. The number of carbonyl (C=O) groups is 5. The number of aliphatic carboxylic acids is 5. The van der Waals surface area contributed by atoms with Crippen molar-refractivity contribution in [3.63, 3.8) is 0 Å². The van der Waals surface area contributed by atoms with Crippen LogP contribution >= 0.6 is 0 Å². The predicted molar refractivity (Wildman–Crippen MR) is 348 cm³/mol. The molecule has 0 aliphatic heterocycles. The molecule has 18 nitrogen and oxygen atoms in total. The molecule has 9 aromatic rings. The number of benzene rings is 9. The first-order valence-corrected chi connectivity index (χ1v) is 27.5. The summed E-state index contributed by atoms with van der Waals surface area (Å²) in [5.41, 5.74) is 10.1. The number of hydrogen-bond acceptors (Lipinski definition) is 12. The van der Waals surface area contributed by atoms with Gasteiger partial charge in [0.1, 0.15) is 46.6 Å². The number of hydrogen-bond donors (Lipinski definition) is 5. The second kappa shape index (κ2) is 28.4. The molecule has 0 heterocycles. The van der Waals surface area contributed by atoms with Crippen LogP contribution in [0.25, 0.3) is 57.5 Å². The first kappa shape index (κ1) is 62.4. The lowest BCUT2D eigenvalue weighted by molar-refractivity contribution is -0.133. The van der Waals surface area contributed by atoms with Gasteiger partial charge in [0.15, 0.2) is 0 Å². The molecule has 5 N–H and O–H groups in total. The SMILES string of the molecule is [C-]#[N+]C(=Cc1ccc(N(c2ccc(C=C(C#N)C(=O)O)cc2)c2ccc(-c3ccc(N(c4ccc(C=C(C#N)C(=O)O)cc4)c4ccc(-c5ccc(N(c6ccc(C=C(C#N)C(=O)O)cc6)c6ccc(C=C(C#N)C(=O)O)cc6)cc5)cc4)cc3)cc2)cc1)C(=O)O. The highest BCUT2D eigenvalue weighted by Crippen LogP contribution is 2.41. The topological polar surface area (TPSA) is 296 Å². The molecule has 442 valence electrons. The summed E-state index contributed by atoms with van der Waals surface area (Å²) >= 11 is 0. The lowest BCUT2D eigenvalue weighted by Gasteiger charge is -2.27.